The van der Waals surface area contributed by atoms with Gasteiger partial charge in [-0.1, -0.05) is 290 Å². The standard InChI is InChI=1S/C75H126O6/c1-4-7-10-13-16-19-22-25-28-31-34-35-36-37-38-39-42-44-47-50-53-56-59-62-65-68-74(77)80-71-72(81-75(78)69-66-63-60-57-54-51-48-45-41-33-30-27-24-21-18-15-12-9-6-3)70-79-73(76)67-64-61-58-55-52-49-46-43-40-32-29-26-23-20-17-14-11-8-5-2/h8-9,11-12,17-18,20-21,26-27,29-31,34,40-41,43,45,51,54,72H,4-7,10,13-16,19,22-25,28,32-33,35-39,42,44,46-50,52-53,55-71H2,1-3H3/b11-8-,12-9-,20-17-,21-18-,29-26-,30-27-,34-31-,43-40-,45-41-,54-51-. The van der Waals surface area contributed by atoms with Gasteiger partial charge in [-0.25, -0.2) is 0 Å². The van der Waals surface area contributed by atoms with Crippen molar-refractivity contribution in [3.05, 3.63) is 122 Å². The summed E-state index contributed by atoms with van der Waals surface area (Å²) in [4.78, 5) is 38.4. The largest absolute Gasteiger partial charge is 0.462 e. The number of allylic oxidation sites excluding steroid dienone is 20. The summed E-state index contributed by atoms with van der Waals surface area (Å²) in [5.41, 5.74) is 0. The lowest BCUT2D eigenvalue weighted by molar-refractivity contribution is -0.167. The molecule has 0 radical (unpaired) electrons. The molecule has 0 aromatic carbocycles. The Hall–Kier alpha value is -4.19. The molecule has 0 saturated heterocycles. The third-order valence-electron chi connectivity index (χ3n) is 14.4. The van der Waals surface area contributed by atoms with E-state index in [4.69, 9.17) is 14.2 Å². The van der Waals surface area contributed by atoms with Gasteiger partial charge in [0.2, 0.25) is 0 Å². The Morgan fingerprint density at radius 2 is 0.481 bits per heavy atom. The fourth-order valence-corrected chi connectivity index (χ4v) is 9.40. The summed E-state index contributed by atoms with van der Waals surface area (Å²) in [6, 6.07) is 0. The molecule has 0 spiro atoms. The van der Waals surface area contributed by atoms with E-state index in [1.807, 2.05) is 0 Å². The molecule has 0 rings (SSSR count). The van der Waals surface area contributed by atoms with Gasteiger partial charge in [0.25, 0.3) is 0 Å². The van der Waals surface area contributed by atoms with Gasteiger partial charge in [0.15, 0.2) is 6.10 Å². The van der Waals surface area contributed by atoms with Gasteiger partial charge in [-0.15, -0.1) is 0 Å². The maximum atomic E-state index is 12.9. The lowest BCUT2D eigenvalue weighted by Crippen LogP contribution is -2.30. The first-order valence-electron chi connectivity index (χ1n) is 34.0. The number of esters is 3. The Morgan fingerprint density at radius 3 is 0.778 bits per heavy atom. The molecule has 0 aliphatic carbocycles. The number of hydrogen-bond acceptors (Lipinski definition) is 6. The van der Waals surface area contributed by atoms with Crippen LogP contribution in [0.2, 0.25) is 0 Å². The number of hydrogen-bond donors (Lipinski definition) is 0. The van der Waals surface area contributed by atoms with Crippen molar-refractivity contribution in [2.24, 2.45) is 0 Å². The summed E-state index contributed by atoms with van der Waals surface area (Å²) in [5, 5.41) is 0. The summed E-state index contributed by atoms with van der Waals surface area (Å²) in [5.74, 6) is -0.936. The third-order valence-corrected chi connectivity index (χ3v) is 14.4. The molecule has 0 N–H and O–H groups in total. The van der Waals surface area contributed by atoms with Crippen LogP contribution in [0.3, 0.4) is 0 Å². The molecule has 0 aliphatic heterocycles. The van der Waals surface area contributed by atoms with E-state index in [0.29, 0.717) is 12.8 Å². The van der Waals surface area contributed by atoms with E-state index in [9.17, 15) is 14.4 Å². The third kappa shape index (κ3) is 66.5. The maximum Gasteiger partial charge on any atom is 0.306 e. The Bertz CT molecular complexity index is 1670. The second-order valence-corrected chi connectivity index (χ2v) is 22.3. The van der Waals surface area contributed by atoms with Crippen LogP contribution in [-0.4, -0.2) is 37.2 Å². The summed E-state index contributed by atoms with van der Waals surface area (Å²) < 4.78 is 16.9. The van der Waals surface area contributed by atoms with Crippen molar-refractivity contribution in [1.82, 2.24) is 0 Å². The highest BCUT2D eigenvalue weighted by atomic mass is 16.6. The van der Waals surface area contributed by atoms with Gasteiger partial charge < -0.3 is 14.2 Å². The van der Waals surface area contributed by atoms with E-state index >= 15 is 0 Å². The van der Waals surface area contributed by atoms with Crippen LogP contribution in [0.4, 0.5) is 0 Å². The molecule has 0 heterocycles. The van der Waals surface area contributed by atoms with Crippen molar-refractivity contribution in [3.63, 3.8) is 0 Å². The van der Waals surface area contributed by atoms with Gasteiger partial charge >= 0.3 is 17.9 Å². The molecule has 0 bridgehead atoms. The molecule has 0 amide bonds. The molecule has 6 heteroatoms. The fourth-order valence-electron chi connectivity index (χ4n) is 9.40. The number of unbranched alkanes of at least 4 members (excludes halogenated alkanes) is 30. The van der Waals surface area contributed by atoms with Crippen LogP contribution >= 0.6 is 0 Å². The first-order valence-corrected chi connectivity index (χ1v) is 34.0. The molecule has 0 fully saturated rings. The minimum Gasteiger partial charge on any atom is -0.462 e. The molecular formula is C75H126O6. The van der Waals surface area contributed by atoms with Crippen molar-refractivity contribution in [3.8, 4) is 0 Å². The van der Waals surface area contributed by atoms with E-state index in [2.05, 4.69) is 142 Å². The van der Waals surface area contributed by atoms with Crippen molar-refractivity contribution in [2.45, 2.75) is 322 Å². The molecule has 0 aromatic rings. The molecule has 6 nitrogen and oxygen atoms in total. The van der Waals surface area contributed by atoms with Gasteiger partial charge in [0.1, 0.15) is 13.2 Å². The average molecular weight is 1120 g/mol. The normalized spacial score (nSPS) is 12.9. The molecule has 0 saturated carbocycles. The van der Waals surface area contributed by atoms with Crippen LogP contribution in [0.15, 0.2) is 122 Å². The summed E-state index contributed by atoms with van der Waals surface area (Å²) in [7, 11) is 0. The van der Waals surface area contributed by atoms with E-state index in [0.717, 1.165) is 135 Å². The molecule has 1 atom stereocenters. The smallest absolute Gasteiger partial charge is 0.306 e. The molecule has 0 aliphatic rings. The second-order valence-electron chi connectivity index (χ2n) is 22.3. The van der Waals surface area contributed by atoms with E-state index in [1.54, 1.807) is 0 Å². The minimum absolute atomic E-state index is 0.0976. The first-order chi connectivity index (χ1) is 40.0. The predicted molar refractivity (Wildman–Crippen MR) is 353 cm³/mol. The van der Waals surface area contributed by atoms with Crippen LogP contribution < -0.4 is 0 Å². The number of carbonyl (C=O) groups excluding carboxylic acids is 3. The topological polar surface area (TPSA) is 78.9 Å². The van der Waals surface area contributed by atoms with E-state index in [-0.39, 0.29) is 37.5 Å². The molecule has 81 heavy (non-hydrogen) atoms. The highest BCUT2D eigenvalue weighted by Crippen LogP contribution is 2.16. The van der Waals surface area contributed by atoms with Crippen molar-refractivity contribution >= 4 is 17.9 Å². The van der Waals surface area contributed by atoms with E-state index < -0.39 is 6.10 Å². The monoisotopic (exact) mass is 1120 g/mol. The van der Waals surface area contributed by atoms with Crippen molar-refractivity contribution < 1.29 is 28.6 Å². The highest BCUT2D eigenvalue weighted by molar-refractivity contribution is 5.71. The predicted octanol–water partition coefficient (Wildman–Crippen LogP) is 23.6. The van der Waals surface area contributed by atoms with Crippen LogP contribution in [0.5, 0.6) is 0 Å². The lowest BCUT2D eigenvalue weighted by atomic mass is 10.0. The SMILES string of the molecule is CC/C=C\C/C=C\C/C=C\C/C=C\C/C=C\CCCCCC(=O)OC(COC(=O)CCCCCCCC/C=C\C/C=C\C/C=C\C/C=C\CC)COC(=O)CCCCCCCCCCCCCCC/C=C\CCCCCCCCCC. The maximum absolute atomic E-state index is 12.9. The van der Waals surface area contributed by atoms with Crippen molar-refractivity contribution in [1.29, 1.82) is 0 Å². The summed E-state index contributed by atoms with van der Waals surface area (Å²) >= 11 is 0. The zero-order chi connectivity index (χ0) is 58.5. The van der Waals surface area contributed by atoms with Crippen LogP contribution in [0.1, 0.15) is 316 Å². The Labute approximate surface area is 501 Å². The quantitative estimate of drug-likeness (QED) is 0.0261. The summed E-state index contributed by atoms with van der Waals surface area (Å²) in [6.07, 6.45) is 95.0. The lowest BCUT2D eigenvalue weighted by Gasteiger charge is -2.18. The zero-order valence-corrected chi connectivity index (χ0v) is 53.0. The van der Waals surface area contributed by atoms with Gasteiger partial charge in [-0.3, -0.25) is 14.4 Å². The van der Waals surface area contributed by atoms with E-state index in [1.165, 1.54) is 141 Å². The highest BCUT2D eigenvalue weighted by Gasteiger charge is 2.19. The van der Waals surface area contributed by atoms with Crippen LogP contribution in [-0.2, 0) is 28.6 Å². The molecule has 1 unspecified atom stereocenters. The zero-order valence-electron chi connectivity index (χ0n) is 53.0. The van der Waals surface area contributed by atoms with Crippen LogP contribution in [0.25, 0.3) is 0 Å². The second kappa shape index (κ2) is 68.3. The Kier molecular flexibility index (Phi) is 64.8. The average Bonchev–Trinajstić information content (AvgIpc) is 3.47. The van der Waals surface area contributed by atoms with Gasteiger partial charge in [0, 0.05) is 19.3 Å². The Morgan fingerprint density at radius 1 is 0.259 bits per heavy atom. The molecule has 462 valence electrons. The van der Waals surface area contributed by atoms with Crippen molar-refractivity contribution in [2.75, 3.05) is 13.2 Å². The van der Waals surface area contributed by atoms with Crippen LogP contribution in [0, 0.1) is 0 Å². The summed E-state index contributed by atoms with van der Waals surface area (Å²) in [6.45, 7) is 6.40. The molecule has 0 aromatic heterocycles. The van der Waals surface area contributed by atoms with Gasteiger partial charge in [-0.05, 0) is 128 Å². The van der Waals surface area contributed by atoms with Gasteiger partial charge in [-0.2, -0.15) is 0 Å². The molecular weight excluding hydrogens is 997 g/mol. The first kappa shape index (κ1) is 76.8. The number of rotatable bonds is 61. The number of ether oxygens (including phenoxy) is 3. The number of carbonyl (C=O) groups is 3. The Balaban J connectivity index is 4.42. The minimum atomic E-state index is -0.807. The fraction of sp³-hybridized carbons (Fsp3) is 0.693. The van der Waals surface area contributed by atoms with Gasteiger partial charge in [0.05, 0.1) is 0 Å².